The first-order valence-corrected chi connectivity index (χ1v) is 6.25. The van der Waals surface area contributed by atoms with Gasteiger partial charge in [0.05, 0.1) is 5.56 Å². The molecule has 7 heteroatoms. The Morgan fingerprint density at radius 3 is 2.58 bits per heavy atom. The number of carboxylic acids is 1. The molecule has 0 saturated carbocycles. The minimum atomic E-state index is -3.31. The SMILES string of the molecule is CCC(F)(F)c1cc(Br)cc(F)c1O[C@@H](C)C(=O)O. The van der Waals surface area contributed by atoms with E-state index in [4.69, 9.17) is 9.84 Å². The largest absolute Gasteiger partial charge is 0.479 e. The molecule has 1 rings (SSSR count). The van der Waals surface area contributed by atoms with Gasteiger partial charge in [-0.2, -0.15) is 0 Å². The maximum absolute atomic E-state index is 13.7. The maximum Gasteiger partial charge on any atom is 0.344 e. The number of ether oxygens (including phenoxy) is 1. The van der Waals surface area contributed by atoms with E-state index in [-0.39, 0.29) is 4.47 Å². The monoisotopic (exact) mass is 340 g/mol. The highest BCUT2D eigenvalue weighted by molar-refractivity contribution is 9.10. The minimum absolute atomic E-state index is 0.128. The summed E-state index contributed by atoms with van der Waals surface area (Å²) in [6.07, 6.45) is -1.98. The van der Waals surface area contributed by atoms with Gasteiger partial charge in [0.1, 0.15) is 0 Å². The molecule has 0 radical (unpaired) electrons. The molecule has 0 aliphatic rings. The highest BCUT2D eigenvalue weighted by atomic mass is 79.9. The number of halogens is 4. The Balaban J connectivity index is 3.32. The first kappa shape index (κ1) is 15.8. The van der Waals surface area contributed by atoms with Crippen LogP contribution in [0.15, 0.2) is 16.6 Å². The molecule has 0 aliphatic heterocycles. The minimum Gasteiger partial charge on any atom is -0.479 e. The van der Waals surface area contributed by atoms with E-state index in [1.807, 2.05) is 0 Å². The normalized spacial score (nSPS) is 13.2. The third kappa shape index (κ3) is 3.62. The fraction of sp³-hybridized carbons (Fsp3) is 0.417. The Hall–Kier alpha value is -1.24. The van der Waals surface area contributed by atoms with Gasteiger partial charge in [0.2, 0.25) is 0 Å². The Kier molecular flexibility index (Phi) is 4.84. The number of hydrogen-bond donors (Lipinski definition) is 1. The van der Waals surface area contributed by atoms with E-state index in [0.717, 1.165) is 19.1 Å². The zero-order valence-electron chi connectivity index (χ0n) is 10.2. The average molecular weight is 341 g/mol. The average Bonchev–Trinajstić information content (AvgIpc) is 2.31. The van der Waals surface area contributed by atoms with Crippen molar-refractivity contribution in [3.8, 4) is 5.75 Å². The quantitative estimate of drug-likeness (QED) is 0.882. The summed E-state index contributed by atoms with van der Waals surface area (Å²) in [5.41, 5.74) is -0.671. The maximum atomic E-state index is 13.7. The number of hydrogen-bond acceptors (Lipinski definition) is 2. The van der Waals surface area contributed by atoms with Crippen LogP contribution in [-0.4, -0.2) is 17.2 Å². The predicted octanol–water partition coefficient (Wildman–Crippen LogP) is 3.94. The van der Waals surface area contributed by atoms with Crippen molar-refractivity contribution in [3.05, 3.63) is 28.0 Å². The smallest absolute Gasteiger partial charge is 0.344 e. The Labute approximate surface area is 116 Å². The predicted molar refractivity (Wildman–Crippen MR) is 66.0 cm³/mol. The molecule has 0 aromatic heterocycles. The van der Waals surface area contributed by atoms with Crippen LogP contribution in [0.5, 0.6) is 5.75 Å². The van der Waals surface area contributed by atoms with Gasteiger partial charge in [0.15, 0.2) is 17.7 Å². The van der Waals surface area contributed by atoms with E-state index >= 15 is 0 Å². The highest BCUT2D eigenvalue weighted by Gasteiger charge is 2.35. The molecule has 0 bridgehead atoms. The molecule has 1 atom stereocenters. The second kappa shape index (κ2) is 5.81. The van der Waals surface area contributed by atoms with Gasteiger partial charge in [0.25, 0.3) is 5.92 Å². The van der Waals surface area contributed by atoms with Crippen molar-refractivity contribution in [2.45, 2.75) is 32.3 Å². The van der Waals surface area contributed by atoms with E-state index in [9.17, 15) is 18.0 Å². The summed E-state index contributed by atoms with van der Waals surface area (Å²) in [4.78, 5) is 10.7. The molecule has 0 aliphatic carbocycles. The van der Waals surface area contributed by atoms with Crippen LogP contribution in [0.25, 0.3) is 0 Å². The molecule has 19 heavy (non-hydrogen) atoms. The molecule has 0 spiro atoms. The lowest BCUT2D eigenvalue weighted by Gasteiger charge is -2.21. The van der Waals surface area contributed by atoms with Crippen LogP contribution in [0.3, 0.4) is 0 Å². The van der Waals surface area contributed by atoms with Gasteiger partial charge in [-0.3, -0.25) is 0 Å². The van der Waals surface area contributed by atoms with E-state index < -0.39 is 41.5 Å². The Morgan fingerprint density at radius 2 is 2.11 bits per heavy atom. The van der Waals surface area contributed by atoms with Crippen molar-refractivity contribution in [1.82, 2.24) is 0 Å². The highest BCUT2D eigenvalue weighted by Crippen LogP contribution is 2.41. The molecule has 1 aromatic rings. The van der Waals surface area contributed by atoms with Crippen molar-refractivity contribution in [3.63, 3.8) is 0 Å². The summed E-state index contributed by atoms with van der Waals surface area (Å²) in [7, 11) is 0. The van der Waals surface area contributed by atoms with Crippen LogP contribution in [0.1, 0.15) is 25.8 Å². The van der Waals surface area contributed by atoms with Gasteiger partial charge in [-0.25, -0.2) is 18.0 Å². The molecule has 1 N–H and O–H groups in total. The van der Waals surface area contributed by atoms with Crippen molar-refractivity contribution >= 4 is 21.9 Å². The van der Waals surface area contributed by atoms with Crippen LogP contribution in [0.2, 0.25) is 0 Å². The molecule has 0 unspecified atom stereocenters. The van der Waals surface area contributed by atoms with E-state index in [2.05, 4.69) is 15.9 Å². The lowest BCUT2D eigenvalue weighted by molar-refractivity contribution is -0.144. The van der Waals surface area contributed by atoms with Gasteiger partial charge in [0, 0.05) is 10.9 Å². The van der Waals surface area contributed by atoms with Crippen molar-refractivity contribution in [2.24, 2.45) is 0 Å². The van der Waals surface area contributed by atoms with E-state index in [1.165, 1.54) is 6.92 Å². The van der Waals surface area contributed by atoms with Crippen molar-refractivity contribution < 1.29 is 27.8 Å². The zero-order valence-corrected chi connectivity index (χ0v) is 11.8. The van der Waals surface area contributed by atoms with Crippen LogP contribution in [0.4, 0.5) is 13.2 Å². The van der Waals surface area contributed by atoms with Crippen molar-refractivity contribution in [1.29, 1.82) is 0 Å². The molecule has 0 fully saturated rings. The standard InChI is InChI=1S/C12H12BrF3O3/c1-3-12(15,16)8-4-7(13)5-9(14)10(8)19-6(2)11(17)18/h4-6H,3H2,1-2H3,(H,17,18)/t6-/m0/s1. The van der Waals surface area contributed by atoms with Gasteiger partial charge in [-0.15, -0.1) is 0 Å². The van der Waals surface area contributed by atoms with Crippen LogP contribution in [-0.2, 0) is 10.7 Å². The van der Waals surface area contributed by atoms with Crippen molar-refractivity contribution in [2.75, 3.05) is 0 Å². The van der Waals surface area contributed by atoms with Gasteiger partial charge < -0.3 is 9.84 Å². The summed E-state index contributed by atoms with van der Waals surface area (Å²) in [6, 6.07) is 1.97. The number of carbonyl (C=O) groups is 1. The van der Waals surface area contributed by atoms with E-state index in [0.29, 0.717) is 0 Å². The molecule has 3 nitrogen and oxygen atoms in total. The first-order chi connectivity index (χ1) is 8.69. The fourth-order valence-electron chi connectivity index (χ4n) is 1.37. The van der Waals surface area contributed by atoms with Gasteiger partial charge in [-0.05, 0) is 19.1 Å². The van der Waals surface area contributed by atoms with Crippen LogP contribution >= 0.6 is 15.9 Å². The summed E-state index contributed by atoms with van der Waals surface area (Å²) < 4.78 is 46.1. The van der Waals surface area contributed by atoms with Crippen LogP contribution in [0, 0.1) is 5.82 Å². The van der Waals surface area contributed by atoms with E-state index in [1.54, 1.807) is 0 Å². The van der Waals surface area contributed by atoms with Crippen LogP contribution < -0.4 is 4.74 Å². The van der Waals surface area contributed by atoms with Gasteiger partial charge >= 0.3 is 5.97 Å². The molecule has 1 aromatic carbocycles. The number of benzene rings is 1. The lowest BCUT2D eigenvalue weighted by atomic mass is 10.0. The molecular weight excluding hydrogens is 329 g/mol. The summed E-state index contributed by atoms with van der Waals surface area (Å²) in [6.45, 7) is 2.38. The lowest BCUT2D eigenvalue weighted by Crippen LogP contribution is -2.25. The third-order valence-electron chi connectivity index (χ3n) is 2.49. The number of rotatable bonds is 5. The second-order valence-electron chi connectivity index (χ2n) is 3.92. The number of alkyl halides is 2. The number of aliphatic carboxylic acids is 1. The molecule has 0 heterocycles. The molecule has 0 saturated heterocycles. The molecular formula is C12H12BrF3O3. The Bertz CT molecular complexity index is 491. The first-order valence-electron chi connectivity index (χ1n) is 5.45. The zero-order chi connectivity index (χ0) is 14.8. The molecule has 106 valence electrons. The second-order valence-corrected chi connectivity index (χ2v) is 4.84. The number of carboxylic acid groups (broad SMARTS) is 1. The topological polar surface area (TPSA) is 46.5 Å². The third-order valence-corrected chi connectivity index (χ3v) is 2.95. The van der Waals surface area contributed by atoms with Gasteiger partial charge in [-0.1, -0.05) is 22.9 Å². The summed E-state index contributed by atoms with van der Waals surface area (Å²) in [5.74, 6) is -6.44. The Morgan fingerprint density at radius 1 is 1.53 bits per heavy atom. The fourth-order valence-corrected chi connectivity index (χ4v) is 1.80. The summed E-state index contributed by atoms with van der Waals surface area (Å²) in [5, 5.41) is 8.70. The molecule has 0 amide bonds. The summed E-state index contributed by atoms with van der Waals surface area (Å²) >= 11 is 2.92.